The predicted octanol–water partition coefficient (Wildman–Crippen LogP) is 5.78. The maximum atomic E-state index is 6.16. The Hall–Kier alpha value is -0.940. The summed E-state index contributed by atoms with van der Waals surface area (Å²) in [6, 6.07) is 13.9. The van der Waals surface area contributed by atoms with Gasteiger partial charge in [0, 0.05) is 33.8 Å². The minimum atomic E-state index is 0.643. The summed E-state index contributed by atoms with van der Waals surface area (Å²) in [6.07, 6.45) is 1.04. The number of hydrogen-bond donors (Lipinski definition) is 2. The van der Waals surface area contributed by atoms with Gasteiger partial charge in [0.25, 0.3) is 0 Å². The molecule has 0 atom stereocenters. The van der Waals surface area contributed by atoms with Gasteiger partial charge >= 0.3 is 0 Å². The highest BCUT2D eigenvalue weighted by atomic mass is 35.5. The fourth-order valence-corrected chi connectivity index (χ4v) is 3.69. The van der Waals surface area contributed by atoms with Crippen LogP contribution in [-0.2, 0) is 12.2 Å². The van der Waals surface area contributed by atoms with Gasteiger partial charge in [0.15, 0.2) is 5.11 Å². The fraction of sp³-hybridized carbons (Fsp3) is 0.278. The molecule has 0 aliphatic heterocycles. The minimum absolute atomic E-state index is 0.643. The molecule has 2 rings (SSSR count). The van der Waals surface area contributed by atoms with Crippen LogP contribution in [0.4, 0.5) is 5.69 Å². The second kappa shape index (κ2) is 10.1. The molecule has 2 aromatic rings. The number of thiocarbonyl (C=S) groups is 1. The van der Waals surface area contributed by atoms with E-state index in [1.807, 2.05) is 24.3 Å². The van der Waals surface area contributed by atoms with Gasteiger partial charge in [-0.15, -0.1) is 0 Å². The molecule has 6 heteroatoms. The number of aryl methyl sites for hydroxylation is 1. The molecule has 0 saturated heterocycles. The highest BCUT2D eigenvalue weighted by Gasteiger charge is 2.02. The molecule has 0 radical (unpaired) electrons. The van der Waals surface area contributed by atoms with E-state index in [2.05, 4.69) is 29.7 Å². The zero-order valence-corrected chi connectivity index (χ0v) is 16.6. The van der Waals surface area contributed by atoms with Crippen LogP contribution < -0.4 is 10.6 Å². The molecule has 24 heavy (non-hydrogen) atoms. The molecule has 0 fully saturated rings. The van der Waals surface area contributed by atoms with Crippen molar-refractivity contribution < 1.29 is 0 Å². The fourth-order valence-electron chi connectivity index (χ4n) is 2.06. The smallest absolute Gasteiger partial charge is 0.170 e. The third kappa shape index (κ3) is 6.52. The molecule has 0 saturated carbocycles. The van der Waals surface area contributed by atoms with Crippen LogP contribution in [0.15, 0.2) is 42.5 Å². The van der Waals surface area contributed by atoms with Gasteiger partial charge in [0.1, 0.15) is 0 Å². The lowest BCUT2D eigenvalue weighted by Crippen LogP contribution is -2.30. The maximum Gasteiger partial charge on any atom is 0.170 e. The molecule has 0 bridgehead atoms. The maximum absolute atomic E-state index is 6.16. The minimum Gasteiger partial charge on any atom is -0.362 e. The van der Waals surface area contributed by atoms with Gasteiger partial charge in [-0.05, 0) is 54.0 Å². The highest BCUT2D eigenvalue weighted by Crippen LogP contribution is 2.24. The molecule has 0 heterocycles. The van der Waals surface area contributed by atoms with Crippen molar-refractivity contribution in [2.24, 2.45) is 0 Å². The number of anilines is 1. The van der Waals surface area contributed by atoms with Crippen LogP contribution in [0, 0.1) is 0 Å². The van der Waals surface area contributed by atoms with E-state index in [1.54, 1.807) is 17.8 Å². The summed E-state index contributed by atoms with van der Waals surface area (Å²) < 4.78 is 0. The summed E-state index contributed by atoms with van der Waals surface area (Å²) in [5.74, 6) is 1.80. The van der Waals surface area contributed by atoms with E-state index in [9.17, 15) is 0 Å². The molecule has 2 aromatic carbocycles. The van der Waals surface area contributed by atoms with Crippen molar-refractivity contribution in [2.45, 2.75) is 19.1 Å². The largest absolute Gasteiger partial charge is 0.362 e. The lowest BCUT2D eigenvalue weighted by atomic mass is 10.1. The lowest BCUT2D eigenvalue weighted by Gasteiger charge is -2.11. The second-order valence-electron chi connectivity index (χ2n) is 5.22. The number of halogens is 2. The molecule has 0 spiro atoms. The van der Waals surface area contributed by atoms with Crippen LogP contribution in [0.2, 0.25) is 10.0 Å². The molecular formula is C18H20Cl2N2S2. The Balaban J connectivity index is 1.65. The second-order valence-corrected chi connectivity index (χ2v) is 7.58. The summed E-state index contributed by atoms with van der Waals surface area (Å²) in [5, 5.41) is 8.43. The Morgan fingerprint density at radius 1 is 1.12 bits per heavy atom. The SMILES string of the molecule is CCc1ccc(NC(=S)NCCSCc2ccc(Cl)cc2Cl)cc1. The van der Waals surface area contributed by atoms with Crippen LogP contribution in [0.5, 0.6) is 0 Å². The van der Waals surface area contributed by atoms with Gasteiger partial charge in [0.05, 0.1) is 0 Å². The number of thioether (sulfide) groups is 1. The molecule has 2 N–H and O–H groups in total. The predicted molar refractivity (Wildman–Crippen MR) is 113 cm³/mol. The summed E-state index contributed by atoms with van der Waals surface area (Å²) in [6.45, 7) is 2.94. The monoisotopic (exact) mass is 398 g/mol. The van der Waals surface area contributed by atoms with Crippen molar-refractivity contribution in [3.8, 4) is 0 Å². The molecule has 128 valence electrons. The Labute approximate surface area is 163 Å². The number of benzene rings is 2. The number of hydrogen-bond acceptors (Lipinski definition) is 2. The molecule has 0 unspecified atom stereocenters. The number of rotatable bonds is 7. The van der Waals surface area contributed by atoms with Gasteiger partial charge in [-0.25, -0.2) is 0 Å². The summed E-state index contributed by atoms with van der Waals surface area (Å²) >= 11 is 19.2. The lowest BCUT2D eigenvalue weighted by molar-refractivity contribution is 0.989. The normalized spacial score (nSPS) is 10.5. The van der Waals surface area contributed by atoms with E-state index >= 15 is 0 Å². The first-order valence-electron chi connectivity index (χ1n) is 7.74. The molecular weight excluding hydrogens is 379 g/mol. The Kier molecular flexibility index (Phi) is 8.19. The standard InChI is InChI=1S/C18H20Cl2N2S2/c1-2-13-3-7-16(8-4-13)22-18(23)21-9-10-24-12-14-5-6-15(19)11-17(14)20/h3-8,11H,2,9-10,12H2,1H3,(H2,21,22,23). The highest BCUT2D eigenvalue weighted by molar-refractivity contribution is 7.98. The van der Waals surface area contributed by atoms with E-state index in [-0.39, 0.29) is 0 Å². The first-order valence-corrected chi connectivity index (χ1v) is 10.1. The van der Waals surface area contributed by atoms with E-state index in [0.717, 1.165) is 40.7 Å². The first-order chi connectivity index (χ1) is 11.6. The van der Waals surface area contributed by atoms with Gasteiger partial charge < -0.3 is 10.6 Å². The first kappa shape index (κ1) is 19.4. The van der Waals surface area contributed by atoms with E-state index in [4.69, 9.17) is 35.4 Å². The average molecular weight is 399 g/mol. The van der Waals surface area contributed by atoms with Crippen LogP contribution in [0.25, 0.3) is 0 Å². The Bertz CT molecular complexity index is 675. The van der Waals surface area contributed by atoms with Crippen LogP contribution in [0.1, 0.15) is 18.1 Å². The van der Waals surface area contributed by atoms with E-state index in [0.29, 0.717) is 10.1 Å². The van der Waals surface area contributed by atoms with E-state index in [1.165, 1.54) is 5.56 Å². The van der Waals surface area contributed by atoms with Gasteiger partial charge in [-0.2, -0.15) is 11.8 Å². The molecule has 2 nitrogen and oxygen atoms in total. The number of nitrogens with one attached hydrogen (secondary N) is 2. The molecule has 0 aliphatic rings. The van der Waals surface area contributed by atoms with Crippen molar-refractivity contribution in [3.63, 3.8) is 0 Å². The summed E-state index contributed by atoms with van der Waals surface area (Å²) in [5.41, 5.74) is 3.42. The van der Waals surface area contributed by atoms with Gasteiger partial charge in [-0.3, -0.25) is 0 Å². The third-order valence-corrected chi connectivity index (χ3v) is 5.27. The van der Waals surface area contributed by atoms with Gasteiger partial charge in [-0.1, -0.05) is 48.3 Å². The Morgan fingerprint density at radius 3 is 2.54 bits per heavy atom. The van der Waals surface area contributed by atoms with Crippen LogP contribution in [-0.4, -0.2) is 17.4 Å². The Morgan fingerprint density at radius 2 is 1.88 bits per heavy atom. The van der Waals surface area contributed by atoms with Crippen molar-refractivity contribution in [2.75, 3.05) is 17.6 Å². The molecule has 0 amide bonds. The van der Waals surface area contributed by atoms with Crippen molar-refractivity contribution in [1.82, 2.24) is 5.32 Å². The molecule has 0 aliphatic carbocycles. The zero-order valence-electron chi connectivity index (χ0n) is 13.4. The summed E-state index contributed by atoms with van der Waals surface area (Å²) in [7, 11) is 0. The third-order valence-electron chi connectivity index (χ3n) is 3.42. The quantitative estimate of drug-likeness (QED) is 0.456. The van der Waals surface area contributed by atoms with Crippen molar-refractivity contribution in [3.05, 3.63) is 63.6 Å². The van der Waals surface area contributed by atoms with Crippen LogP contribution in [0.3, 0.4) is 0 Å². The molecule has 0 aromatic heterocycles. The van der Waals surface area contributed by atoms with Gasteiger partial charge in [0.2, 0.25) is 0 Å². The van der Waals surface area contributed by atoms with Crippen LogP contribution >= 0.6 is 47.2 Å². The van der Waals surface area contributed by atoms with E-state index < -0.39 is 0 Å². The van der Waals surface area contributed by atoms with Crippen molar-refractivity contribution >= 4 is 58.0 Å². The van der Waals surface area contributed by atoms with Crippen molar-refractivity contribution in [1.29, 1.82) is 0 Å². The average Bonchev–Trinajstić information content (AvgIpc) is 2.57. The summed E-state index contributed by atoms with van der Waals surface area (Å²) in [4.78, 5) is 0. The topological polar surface area (TPSA) is 24.1 Å². The zero-order chi connectivity index (χ0) is 17.4.